The molecule has 2 heterocycles. The van der Waals surface area contributed by atoms with Gasteiger partial charge in [0.25, 0.3) is 5.56 Å². The second kappa shape index (κ2) is 6.32. The van der Waals surface area contributed by atoms with Crippen LogP contribution >= 0.6 is 0 Å². The van der Waals surface area contributed by atoms with Crippen molar-refractivity contribution in [2.75, 3.05) is 18.5 Å². The molecule has 3 N–H and O–H groups in total. The zero-order valence-electron chi connectivity index (χ0n) is 12.9. The molecule has 0 fully saturated rings. The summed E-state index contributed by atoms with van der Waals surface area (Å²) in [6, 6.07) is 0. The van der Waals surface area contributed by atoms with Gasteiger partial charge in [-0.15, -0.1) is 0 Å². The van der Waals surface area contributed by atoms with Gasteiger partial charge in [-0.25, -0.2) is 4.79 Å². The zero-order chi connectivity index (χ0) is 16.4. The highest BCUT2D eigenvalue weighted by Gasteiger charge is 2.20. The molecular formula is C13H21N5O4. The predicted octanol–water partition coefficient (Wildman–Crippen LogP) is -1.39. The first-order chi connectivity index (χ1) is 10.4. The summed E-state index contributed by atoms with van der Waals surface area (Å²) in [4.78, 5) is 28.7. The van der Waals surface area contributed by atoms with Crippen LogP contribution in [0.1, 0.15) is 13.3 Å². The number of aromatic nitrogens is 4. The number of imidazole rings is 1. The van der Waals surface area contributed by atoms with Gasteiger partial charge >= 0.3 is 5.69 Å². The van der Waals surface area contributed by atoms with Crippen LogP contribution in [0.4, 0.5) is 5.95 Å². The molecule has 0 aromatic carbocycles. The second-order valence-corrected chi connectivity index (χ2v) is 5.19. The summed E-state index contributed by atoms with van der Waals surface area (Å²) in [5, 5.41) is 21.8. The number of nitrogens with zero attached hydrogens (tertiary/aromatic N) is 4. The molecule has 1 unspecified atom stereocenters. The summed E-state index contributed by atoms with van der Waals surface area (Å²) in [6.45, 7) is 2.19. The number of anilines is 1. The molecule has 2 aromatic heterocycles. The van der Waals surface area contributed by atoms with E-state index in [1.165, 1.54) is 23.2 Å². The molecule has 122 valence electrons. The Labute approximate surface area is 126 Å². The van der Waals surface area contributed by atoms with Crippen LogP contribution in [0.5, 0.6) is 0 Å². The van der Waals surface area contributed by atoms with Crippen molar-refractivity contribution in [3.8, 4) is 0 Å². The Morgan fingerprint density at radius 1 is 1.27 bits per heavy atom. The summed E-state index contributed by atoms with van der Waals surface area (Å²) in [6.07, 6.45) is -0.176. The number of hydrogen-bond acceptors (Lipinski definition) is 6. The SMILES string of the molecule is CCCNc1nc2c(c(=O)n(C)c(=O)n2C)n1CC(O)CO. The predicted molar refractivity (Wildman–Crippen MR) is 82.1 cm³/mol. The van der Waals surface area contributed by atoms with Crippen LogP contribution in [-0.2, 0) is 20.6 Å². The van der Waals surface area contributed by atoms with Gasteiger partial charge in [-0.05, 0) is 6.42 Å². The van der Waals surface area contributed by atoms with Gasteiger partial charge in [0.15, 0.2) is 11.2 Å². The molecule has 0 aliphatic rings. The van der Waals surface area contributed by atoms with Crippen molar-refractivity contribution in [1.29, 1.82) is 0 Å². The average Bonchev–Trinajstić information content (AvgIpc) is 2.87. The van der Waals surface area contributed by atoms with Gasteiger partial charge in [0.1, 0.15) is 0 Å². The lowest BCUT2D eigenvalue weighted by Crippen LogP contribution is -2.38. The Hall–Kier alpha value is -2.13. The fourth-order valence-corrected chi connectivity index (χ4v) is 2.26. The van der Waals surface area contributed by atoms with Crippen LogP contribution in [0.3, 0.4) is 0 Å². The van der Waals surface area contributed by atoms with Crippen LogP contribution in [0.15, 0.2) is 9.59 Å². The Morgan fingerprint density at radius 3 is 2.55 bits per heavy atom. The molecule has 2 rings (SSSR count). The molecule has 22 heavy (non-hydrogen) atoms. The summed E-state index contributed by atoms with van der Waals surface area (Å²) in [5.41, 5.74) is -0.486. The van der Waals surface area contributed by atoms with Crippen molar-refractivity contribution in [3.63, 3.8) is 0 Å². The lowest BCUT2D eigenvalue weighted by atomic mass is 10.3. The van der Waals surface area contributed by atoms with Crippen molar-refractivity contribution in [2.45, 2.75) is 26.0 Å². The number of nitrogens with one attached hydrogen (secondary N) is 1. The van der Waals surface area contributed by atoms with Crippen molar-refractivity contribution >= 4 is 17.1 Å². The molecule has 0 spiro atoms. The fraction of sp³-hybridized carbons (Fsp3) is 0.615. The zero-order valence-corrected chi connectivity index (χ0v) is 12.9. The van der Waals surface area contributed by atoms with Gasteiger partial charge in [0.2, 0.25) is 5.95 Å². The lowest BCUT2D eigenvalue weighted by Gasteiger charge is -2.13. The van der Waals surface area contributed by atoms with Crippen LogP contribution in [-0.4, -0.2) is 48.2 Å². The van der Waals surface area contributed by atoms with E-state index in [9.17, 15) is 14.7 Å². The van der Waals surface area contributed by atoms with Crippen molar-refractivity contribution in [2.24, 2.45) is 14.1 Å². The van der Waals surface area contributed by atoms with E-state index in [2.05, 4.69) is 10.3 Å². The normalized spacial score (nSPS) is 12.8. The van der Waals surface area contributed by atoms with Gasteiger partial charge in [-0.2, -0.15) is 4.98 Å². The minimum Gasteiger partial charge on any atom is -0.394 e. The first kappa shape index (κ1) is 16.2. The minimum atomic E-state index is -1.03. The smallest absolute Gasteiger partial charge is 0.332 e. The molecule has 0 saturated heterocycles. The molecule has 0 radical (unpaired) electrons. The largest absolute Gasteiger partial charge is 0.394 e. The van der Waals surface area contributed by atoms with Gasteiger partial charge in [-0.3, -0.25) is 13.9 Å². The first-order valence-corrected chi connectivity index (χ1v) is 7.11. The van der Waals surface area contributed by atoms with E-state index in [1.54, 1.807) is 0 Å². The highest BCUT2D eigenvalue weighted by Crippen LogP contribution is 2.16. The Kier molecular flexibility index (Phi) is 4.67. The van der Waals surface area contributed by atoms with Crippen LogP contribution in [0.25, 0.3) is 11.2 Å². The van der Waals surface area contributed by atoms with Crippen LogP contribution in [0.2, 0.25) is 0 Å². The quantitative estimate of drug-likeness (QED) is 0.605. The maximum Gasteiger partial charge on any atom is 0.332 e. The van der Waals surface area contributed by atoms with Crippen LogP contribution < -0.4 is 16.6 Å². The summed E-state index contributed by atoms with van der Waals surface area (Å²) < 4.78 is 3.79. The average molecular weight is 311 g/mol. The molecule has 0 saturated carbocycles. The summed E-state index contributed by atoms with van der Waals surface area (Å²) >= 11 is 0. The highest BCUT2D eigenvalue weighted by atomic mass is 16.3. The molecule has 0 bridgehead atoms. The molecule has 2 aromatic rings. The maximum atomic E-state index is 12.4. The van der Waals surface area contributed by atoms with Gasteiger partial charge in [0.05, 0.1) is 19.3 Å². The summed E-state index contributed by atoms with van der Waals surface area (Å²) in [5.74, 6) is 0.391. The Bertz CT molecular complexity index is 788. The first-order valence-electron chi connectivity index (χ1n) is 7.11. The molecule has 9 heteroatoms. The molecule has 9 nitrogen and oxygen atoms in total. The van der Waals surface area contributed by atoms with E-state index in [-0.39, 0.29) is 17.7 Å². The van der Waals surface area contributed by atoms with Gasteiger partial charge in [0, 0.05) is 20.6 Å². The van der Waals surface area contributed by atoms with Gasteiger partial charge < -0.3 is 20.1 Å². The van der Waals surface area contributed by atoms with E-state index >= 15 is 0 Å². The molecular weight excluding hydrogens is 290 g/mol. The molecule has 1 atom stereocenters. The maximum absolute atomic E-state index is 12.4. The molecule has 0 amide bonds. The Balaban J connectivity index is 2.75. The number of aryl methyl sites for hydroxylation is 1. The van der Waals surface area contributed by atoms with E-state index in [0.717, 1.165) is 11.0 Å². The molecule has 0 aliphatic heterocycles. The third-order valence-electron chi connectivity index (χ3n) is 3.49. The third-order valence-corrected chi connectivity index (χ3v) is 3.49. The minimum absolute atomic E-state index is 0.00644. The molecule has 0 aliphatic carbocycles. The number of fused-ring (bicyclic) bond motifs is 1. The topological polar surface area (TPSA) is 114 Å². The standard InChI is InChI=1S/C13H21N5O4/c1-4-5-14-12-15-10-9(18(12)6-8(20)7-19)11(21)17(3)13(22)16(10)2/h8,19-20H,4-7H2,1-3H3,(H,14,15). The third kappa shape index (κ3) is 2.64. The van der Waals surface area contributed by atoms with E-state index < -0.39 is 24.0 Å². The Morgan fingerprint density at radius 2 is 1.95 bits per heavy atom. The van der Waals surface area contributed by atoms with Crippen molar-refractivity contribution < 1.29 is 10.2 Å². The number of aliphatic hydroxyl groups excluding tert-OH is 2. The summed E-state index contributed by atoms with van der Waals surface area (Å²) in [7, 11) is 2.93. The van der Waals surface area contributed by atoms with Crippen molar-refractivity contribution in [3.05, 3.63) is 20.8 Å². The second-order valence-electron chi connectivity index (χ2n) is 5.19. The van der Waals surface area contributed by atoms with E-state index in [1.807, 2.05) is 6.92 Å². The number of aliphatic hydroxyl groups is 2. The monoisotopic (exact) mass is 311 g/mol. The fourth-order valence-electron chi connectivity index (χ4n) is 2.26. The highest BCUT2D eigenvalue weighted by molar-refractivity contribution is 5.74. The van der Waals surface area contributed by atoms with Crippen LogP contribution in [0, 0.1) is 0 Å². The van der Waals surface area contributed by atoms with E-state index in [0.29, 0.717) is 12.5 Å². The van der Waals surface area contributed by atoms with Gasteiger partial charge in [-0.1, -0.05) is 6.92 Å². The number of rotatable bonds is 6. The number of hydrogen-bond donors (Lipinski definition) is 3. The lowest BCUT2D eigenvalue weighted by molar-refractivity contribution is 0.0824. The van der Waals surface area contributed by atoms with Crippen molar-refractivity contribution in [1.82, 2.24) is 18.7 Å². The van der Waals surface area contributed by atoms with E-state index in [4.69, 9.17) is 5.11 Å².